The number of benzene rings is 1. The van der Waals surface area contributed by atoms with E-state index in [-0.39, 0.29) is 11.5 Å². The van der Waals surface area contributed by atoms with E-state index < -0.39 is 17.7 Å². The summed E-state index contributed by atoms with van der Waals surface area (Å²) in [7, 11) is 0. The number of rotatable bonds is 4. The molecule has 1 aromatic carbocycles. The number of hydrogen-bond donors (Lipinski definition) is 1. The highest BCUT2D eigenvalue weighted by Crippen LogP contribution is 2.32. The minimum Gasteiger partial charge on any atom is -0.388 e. The quantitative estimate of drug-likeness (QED) is 0.871. The van der Waals surface area contributed by atoms with Crippen molar-refractivity contribution in [2.75, 3.05) is 0 Å². The third-order valence-corrected chi connectivity index (χ3v) is 3.18. The zero-order chi connectivity index (χ0) is 13.2. The first kappa shape index (κ1) is 14.6. The van der Waals surface area contributed by atoms with Crippen molar-refractivity contribution in [2.45, 2.75) is 33.3 Å². The SMILES string of the molecule is CC(C)CC(C)C(O)c1c(F)cc(Br)cc1F. The summed E-state index contributed by atoms with van der Waals surface area (Å²) in [5, 5.41) is 10.00. The monoisotopic (exact) mass is 306 g/mol. The topological polar surface area (TPSA) is 20.2 Å². The van der Waals surface area contributed by atoms with Crippen LogP contribution >= 0.6 is 15.9 Å². The Hall–Kier alpha value is -0.480. The van der Waals surface area contributed by atoms with Crippen molar-refractivity contribution in [1.29, 1.82) is 0 Å². The molecule has 0 aliphatic heterocycles. The van der Waals surface area contributed by atoms with E-state index in [0.29, 0.717) is 10.4 Å². The fourth-order valence-electron chi connectivity index (χ4n) is 1.99. The van der Waals surface area contributed by atoms with E-state index in [9.17, 15) is 13.9 Å². The maximum absolute atomic E-state index is 13.6. The van der Waals surface area contributed by atoms with Crippen LogP contribution in [0.4, 0.5) is 8.78 Å². The molecule has 0 spiro atoms. The minimum absolute atomic E-state index is 0.180. The maximum atomic E-state index is 13.6. The third-order valence-electron chi connectivity index (χ3n) is 2.72. The lowest BCUT2D eigenvalue weighted by Crippen LogP contribution is -2.15. The number of aliphatic hydroxyl groups is 1. The van der Waals surface area contributed by atoms with Crippen molar-refractivity contribution in [3.8, 4) is 0 Å². The molecule has 1 nitrogen and oxygen atoms in total. The molecule has 0 saturated carbocycles. The lowest BCUT2D eigenvalue weighted by Gasteiger charge is -2.21. The van der Waals surface area contributed by atoms with Gasteiger partial charge >= 0.3 is 0 Å². The molecular formula is C13H17BrF2O. The summed E-state index contributed by atoms with van der Waals surface area (Å²) in [4.78, 5) is 0. The van der Waals surface area contributed by atoms with Crippen LogP contribution in [-0.2, 0) is 0 Å². The van der Waals surface area contributed by atoms with E-state index in [4.69, 9.17) is 0 Å². The van der Waals surface area contributed by atoms with E-state index in [1.165, 1.54) is 12.1 Å². The van der Waals surface area contributed by atoms with Crippen molar-refractivity contribution in [1.82, 2.24) is 0 Å². The first-order valence-electron chi connectivity index (χ1n) is 5.65. The average molecular weight is 307 g/mol. The highest BCUT2D eigenvalue weighted by molar-refractivity contribution is 9.10. The van der Waals surface area contributed by atoms with E-state index in [1.807, 2.05) is 13.8 Å². The summed E-state index contributed by atoms with van der Waals surface area (Å²) >= 11 is 3.01. The normalized spacial score (nSPS) is 15.1. The maximum Gasteiger partial charge on any atom is 0.133 e. The molecule has 0 aliphatic carbocycles. The molecule has 96 valence electrons. The van der Waals surface area contributed by atoms with Crippen molar-refractivity contribution >= 4 is 15.9 Å². The first-order chi connectivity index (χ1) is 7.82. The molecule has 1 N–H and O–H groups in total. The molecule has 2 unspecified atom stereocenters. The Morgan fingerprint density at radius 1 is 1.18 bits per heavy atom. The summed E-state index contributed by atoms with van der Waals surface area (Å²) in [6.07, 6.45) is -0.388. The van der Waals surface area contributed by atoms with Gasteiger partial charge in [-0.25, -0.2) is 8.78 Å². The first-order valence-corrected chi connectivity index (χ1v) is 6.44. The molecule has 0 saturated heterocycles. The smallest absolute Gasteiger partial charge is 0.133 e. The predicted octanol–water partition coefficient (Wildman–Crippen LogP) is 4.44. The van der Waals surface area contributed by atoms with Gasteiger partial charge in [0.05, 0.1) is 11.7 Å². The number of halogens is 3. The predicted molar refractivity (Wildman–Crippen MR) is 67.6 cm³/mol. The summed E-state index contributed by atoms with van der Waals surface area (Å²) in [6.45, 7) is 5.82. The summed E-state index contributed by atoms with van der Waals surface area (Å²) in [6, 6.07) is 2.34. The van der Waals surface area contributed by atoms with Crippen LogP contribution < -0.4 is 0 Å². The summed E-state index contributed by atoms with van der Waals surface area (Å²) in [5.74, 6) is -1.22. The van der Waals surface area contributed by atoms with Crippen LogP contribution in [0.1, 0.15) is 38.9 Å². The van der Waals surface area contributed by atoms with Gasteiger partial charge in [-0.05, 0) is 30.4 Å². The second kappa shape index (κ2) is 5.91. The van der Waals surface area contributed by atoms with Gasteiger partial charge in [0.25, 0.3) is 0 Å². The molecule has 0 fully saturated rings. The van der Waals surface area contributed by atoms with Crippen LogP contribution in [0.5, 0.6) is 0 Å². The van der Waals surface area contributed by atoms with Gasteiger partial charge in [0.15, 0.2) is 0 Å². The third kappa shape index (κ3) is 3.75. The molecule has 0 radical (unpaired) electrons. The van der Waals surface area contributed by atoms with Gasteiger partial charge in [0, 0.05) is 4.47 Å². The van der Waals surface area contributed by atoms with E-state index in [1.54, 1.807) is 6.92 Å². The van der Waals surface area contributed by atoms with E-state index in [2.05, 4.69) is 15.9 Å². The van der Waals surface area contributed by atoms with Crippen LogP contribution in [0.2, 0.25) is 0 Å². The summed E-state index contributed by atoms with van der Waals surface area (Å²) in [5.41, 5.74) is -0.235. The Bertz CT molecular complexity index is 370. The standard InChI is InChI=1S/C13H17BrF2O/c1-7(2)4-8(3)13(17)12-10(15)5-9(14)6-11(12)16/h5-8,13,17H,4H2,1-3H3. The van der Waals surface area contributed by atoms with Crippen LogP contribution in [0.3, 0.4) is 0 Å². The number of hydrogen-bond acceptors (Lipinski definition) is 1. The van der Waals surface area contributed by atoms with Crippen LogP contribution in [0.25, 0.3) is 0 Å². The van der Waals surface area contributed by atoms with Crippen molar-refractivity contribution < 1.29 is 13.9 Å². The molecule has 0 aliphatic rings. The highest BCUT2D eigenvalue weighted by Gasteiger charge is 2.24. The molecule has 0 bridgehead atoms. The van der Waals surface area contributed by atoms with Gasteiger partial charge in [0.2, 0.25) is 0 Å². The molecule has 2 atom stereocenters. The van der Waals surface area contributed by atoms with E-state index in [0.717, 1.165) is 6.42 Å². The molecule has 0 aromatic heterocycles. The van der Waals surface area contributed by atoms with Crippen molar-refractivity contribution in [2.24, 2.45) is 11.8 Å². The molecular weight excluding hydrogens is 290 g/mol. The largest absolute Gasteiger partial charge is 0.388 e. The van der Waals surface area contributed by atoms with Crippen LogP contribution in [0.15, 0.2) is 16.6 Å². The number of aliphatic hydroxyl groups excluding tert-OH is 1. The van der Waals surface area contributed by atoms with Gasteiger partial charge < -0.3 is 5.11 Å². The molecule has 0 amide bonds. The lowest BCUT2D eigenvalue weighted by atomic mass is 9.89. The van der Waals surface area contributed by atoms with Gasteiger partial charge in [-0.2, -0.15) is 0 Å². The van der Waals surface area contributed by atoms with Gasteiger partial charge in [-0.1, -0.05) is 36.7 Å². The average Bonchev–Trinajstić information content (AvgIpc) is 2.14. The molecule has 1 rings (SSSR count). The Labute approximate surface area is 109 Å². The lowest BCUT2D eigenvalue weighted by molar-refractivity contribution is 0.0976. The van der Waals surface area contributed by atoms with Crippen LogP contribution in [-0.4, -0.2) is 5.11 Å². The zero-order valence-electron chi connectivity index (χ0n) is 10.2. The molecule has 4 heteroatoms. The van der Waals surface area contributed by atoms with E-state index >= 15 is 0 Å². The fraction of sp³-hybridized carbons (Fsp3) is 0.538. The van der Waals surface area contributed by atoms with Crippen LogP contribution in [0, 0.1) is 23.5 Å². The summed E-state index contributed by atoms with van der Waals surface area (Å²) < 4.78 is 27.6. The second-order valence-electron chi connectivity index (χ2n) is 4.83. The molecule has 1 aromatic rings. The Morgan fingerprint density at radius 3 is 2.06 bits per heavy atom. The zero-order valence-corrected chi connectivity index (χ0v) is 11.8. The fourth-order valence-corrected chi connectivity index (χ4v) is 2.39. The van der Waals surface area contributed by atoms with Gasteiger partial charge in [0.1, 0.15) is 11.6 Å². The Balaban J connectivity index is 2.99. The highest BCUT2D eigenvalue weighted by atomic mass is 79.9. The molecule has 17 heavy (non-hydrogen) atoms. The Kier molecular flexibility index (Phi) is 5.07. The minimum atomic E-state index is -1.11. The van der Waals surface area contributed by atoms with Gasteiger partial charge in [-0.15, -0.1) is 0 Å². The van der Waals surface area contributed by atoms with Crippen molar-refractivity contribution in [3.63, 3.8) is 0 Å². The second-order valence-corrected chi connectivity index (χ2v) is 5.75. The van der Waals surface area contributed by atoms with Gasteiger partial charge in [-0.3, -0.25) is 0 Å². The Morgan fingerprint density at radius 2 is 1.65 bits per heavy atom. The molecule has 0 heterocycles. The van der Waals surface area contributed by atoms with Crippen molar-refractivity contribution in [3.05, 3.63) is 33.8 Å².